The van der Waals surface area contributed by atoms with Crippen molar-refractivity contribution in [1.82, 2.24) is 4.98 Å². The van der Waals surface area contributed by atoms with Crippen molar-refractivity contribution in [2.45, 2.75) is 6.42 Å². The van der Waals surface area contributed by atoms with Crippen LogP contribution in [0.3, 0.4) is 0 Å². The summed E-state index contributed by atoms with van der Waals surface area (Å²) in [6.45, 7) is 0. The molecular formula is C14H11ClFN. The molecule has 1 aromatic heterocycles. The molecule has 1 aromatic carbocycles. The Morgan fingerprint density at radius 2 is 1.94 bits per heavy atom. The van der Waals surface area contributed by atoms with E-state index in [2.05, 4.69) is 4.98 Å². The topological polar surface area (TPSA) is 12.9 Å². The van der Waals surface area contributed by atoms with Crippen LogP contribution in [0.15, 0.2) is 48.7 Å². The lowest BCUT2D eigenvalue weighted by atomic mass is 10.2. The fourth-order valence-electron chi connectivity index (χ4n) is 1.45. The second-order valence-corrected chi connectivity index (χ2v) is 4.00. The first-order chi connectivity index (χ1) is 8.25. The molecule has 1 heterocycles. The van der Waals surface area contributed by atoms with Crippen LogP contribution in [0.5, 0.6) is 0 Å². The molecule has 86 valence electrons. The summed E-state index contributed by atoms with van der Waals surface area (Å²) in [6, 6.07) is 9.95. The molecule has 0 saturated carbocycles. The minimum Gasteiger partial charge on any atom is -0.259 e. The summed E-state index contributed by atoms with van der Waals surface area (Å²) in [6.07, 6.45) is 6.26. The van der Waals surface area contributed by atoms with Gasteiger partial charge in [-0.3, -0.25) is 4.98 Å². The van der Waals surface area contributed by atoms with E-state index >= 15 is 0 Å². The summed E-state index contributed by atoms with van der Waals surface area (Å²) in [5, 5.41) is 0.663. The van der Waals surface area contributed by atoms with Crippen molar-refractivity contribution < 1.29 is 4.39 Å². The lowest BCUT2D eigenvalue weighted by Crippen LogP contribution is -1.87. The average molecular weight is 248 g/mol. The normalized spacial score (nSPS) is 10.9. The molecule has 0 bridgehead atoms. The highest BCUT2D eigenvalue weighted by Gasteiger charge is 1.97. The monoisotopic (exact) mass is 247 g/mol. The van der Waals surface area contributed by atoms with E-state index in [0.717, 1.165) is 11.3 Å². The summed E-state index contributed by atoms with van der Waals surface area (Å²) in [7, 11) is 0. The molecule has 2 aromatic rings. The van der Waals surface area contributed by atoms with Gasteiger partial charge in [-0.1, -0.05) is 35.9 Å². The molecule has 0 atom stereocenters. The van der Waals surface area contributed by atoms with Gasteiger partial charge >= 0.3 is 0 Å². The van der Waals surface area contributed by atoms with Gasteiger partial charge in [0.05, 0.1) is 10.7 Å². The molecule has 0 N–H and O–H groups in total. The maximum atomic E-state index is 12.7. The Balaban J connectivity index is 2.03. The maximum absolute atomic E-state index is 12.7. The lowest BCUT2D eigenvalue weighted by molar-refractivity contribution is 0.628. The first-order valence-electron chi connectivity index (χ1n) is 5.27. The number of benzene rings is 1. The molecule has 17 heavy (non-hydrogen) atoms. The van der Waals surface area contributed by atoms with Crippen molar-refractivity contribution in [3.05, 3.63) is 70.8 Å². The molecule has 0 amide bonds. The third-order valence-corrected chi connectivity index (χ3v) is 2.67. The smallest absolute Gasteiger partial charge is 0.123 e. The van der Waals surface area contributed by atoms with E-state index in [1.54, 1.807) is 24.4 Å². The Hall–Kier alpha value is -1.67. The van der Waals surface area contributed by atoms with Gasteiger partial charge in [0.1, 0.15) is 5.82 Å². The molecule has 1 nitrogen and oxygen atoms in total. The molecule has 0 spiro atoms. The number of nitrogens with zero attached hydrogens (tertiary/aromatic N) is 1. The molecule has 0 aliphatic carbocycles. The zero-order valence-corrected chi connectivity index (χ0v) is 9.86. The van der Waals surface area contributed by atoms with Gasteiger partial charge in [-0.2, -0.15) is 0 Å². The van der Waals surface area contributed by atoms with Crippen molar-refractivity contribution in [3.63, 3.8) is 0 Å². The number of hydrogen-bond donors (Lipinski definition) is 0. The number of allylic oxidation sites excluding steroid dienone is 1. The van der Waals surface area contributed by atoms with Gasteiger partial charge in [0.25, 0.3) is 0 Å². The molecule has 0 aliphatic heterocycles. The quantitative estimate of drug-likeness (QED) is 0.795. The molecule has 0 fully saturated rings. The third-order valence-electron chi connectivity index (χ3n) is 2.33. The number of halogens is 2. The summed E-state index contributed by atoms with van der Waals surface area (Å²) in [5.74, 6) is -0.227. The standard InChI is InChI=1S/C14H11ClFN/c15-13-4-2-10-17-14(13)5-1-3-11-6-8-12(16)9-7-11/h1-4,6-10H,5H2. The minimum absolute atomic E-state index is 0.227. The Morgan fingerprint density at radius 1 is 1.18 bits per heavy atom. The molecule has 0 radical (unpaired) electrons. The molecule has 2 rings (SSSR count). The largest absolute Gasteiger partial charge is 0.259 e. The van der Waals surface area contributed by atoms with Crippen LogP contribution in [0, 0.1) is 5.82 Å². The van der Waals surface area contributed by atoms with Crippen LogP contribution < -0.4 is 0 Å². The van der Waals surface area contributed by atoms with Crippen LogP contribution >= 0.6 is 11.6 Å². The molecule has 3 heteroatoms. The van der Waals surface area contributed by atoms with Crippen molar-refractivity contribution >= 4 is 17.7 Å². The second kappa shape index (κ2) is 5.60. The van der Waals surface area contributed by atoms with Crippen LogP contribution in [0.1, 0.15) is 11.3 Å². The van der Waals surface area contributed by atoms with Crippen molar-refractivity contribution in [3.8, 4) is 0 Å². The third kappa shape index (κ3) is 3.40. The Labute approximate surface area is 105 Å². The first-order valence-corrected chi connectivity index (χ1v) is 5.65. The van der Waals surface area contributed by atoms with Crippen LogP contribution in [0.4, 0.5) is 4.39 Å². The van der Waals surface area contributed by atoms with E-state index in [1.807, 2.05) is 18.2 Å². The van der Waals surface area contributed by atoms with E-state index in [-0.39, 0.29) is 5.82 Å². The zero-order valence-electron chi connectivity index (χ0n) is 9.11. The van der Waals surface area contributed by atoms with Gasteiger partial charge in [-0.15, -0.1) is 0 Å². The van der Waals surface area contributed by atoms with Crippen LogP contribution in [-0.2, 0) is 6.42 Å². The fraction of sp³-hybridized carbons (Fsp3) is 0.0714. The van der Waals surface area contributed by atoms with Crippen molar-refractivity contribution in [2.75, 3.05) is 0 Å². The number of pyridine rings is 1. The SMILES string of the molecule is Fc1ccc(C=CCc2ncccc2Cl)cc1. The maximum Gasteiger partial charge on any atom is 0.123 e. The molecule has 0 aliphatic rings. The van der Waals surface area contributed by atoms with E-state index in [4.69, 9.17) is 11.6 Å². The predicted molar refractivity (Wildman–Crippen MR) is 68.4 cm³/mol. The van der Waals surface area contributed by atoms with Gasteiger partial charge in [0, 0.05) is 12.6 Å². The second-order valence-electron chi connectivity index (χ2n) is 3.59. The van der Waals surface area contributed by atoms with Crippen molar-refractivity contribution in [2.24, 2.45) is 0 Å². The summed E-state index contributed by atoms with van der Waals surface area (Å²) >= 11 is 5.98. The minimum atomic E-state index is -0.227. The zero-order chi connectivity index (χ0) is 12.1. The first kappa shape index (κ1) is 11.8. The highest BCUT2D eigenvalue weighted by Crippen LogP contribution is 2.13. The van der Waals surface area contributed by atoms with E-state index in [9.17, 15) is 4.39 Å². The highest BCUT2D eigenvalue weighted by molar-refractivity contribution is 6.31. The van der Waals surface area contributed by atoms with Gasteiger partial charge in [-0.05, 0) is 29.8 Å². The average Bonchev–Trinajstić information content (AvgIpc) is 2.34. The number of aromatic nitrogens is 1. The van der Waals surface area contributed by atoms with Gasteiger partial charge in [0.15, 0.2) is 0 Å². The Morgan fingerprint density at radius 3 is 2.65 bits per heavy atom. The summed E-state index contributed by atoms with van der Waals surface area (Å²) < 4.78 is 12.7. The molecular weight excluding hydrogens is 237 g/mol. The van der Waals surface area contributed by atoms with Crippen molar-refractivity contribution in [1.29, 1.82) is 0 Å². The van der Waals surface area contributed by atoms with Gasteiger partial charge in [0.2, 0.25) is 0 Å². The summed E-state index contributed by atoms with van der Waals surface area (Å²) in [4.78, 5) is 4.18. The van der Waals surface area contributed by atoms with E-state index in [0.29, 0.717) is 11.4 Å². The van der Waals surface area contributed by atoms with Crippen LogP contribution in [-0.4, -0.2) is 4.98 Å². The number of hydrogen-bond acceptors (Lipinski definition) is 1. The van der Waals surface area contributed by atoms with Crippen LogP contribution in [0.25, 0.3) is 6.08 Å². The predicted octanol–water partition coefficient (Wildman–Crippen LogP) is 4.13. The fourth-order valence-corrected chi connectivity index (χ4v) is 1.65. The number of rotatable bonds is 3. The Bertz CT molecular complexity index is 520. The molecule has 0 unspecified atom stereocenters. The highest BCUT2D eigenvalue weighted by atomic mass is 35.5. The van der Waals surface area contributed by atoms with Gasteiger partial charge < -0.3 is 0 Å². The lowest BCUT2D eigenvalue weighted by Gasteiger charge is -1.98. The Kier molecular flexibility index (Phi) is 3.89. The van der Waals surface area contributed by atoms with E-state index in [1.165, 1.54) is 12.1 Å². The van der Waals surface area contributed by atoms with Gasteiger partial charge in [-0.25, -0.2) is 4.39 Å². The molecule has 0 saturated heterocycles. The van der Waals surface area contributed by atoms with E-state index < -0.39 is 0 Å². The summed E-state index contributed by atoms with van der Waals surface area (Å²) in [5.41, 5.74) is 1.80. The van der Waals surface area contributed by atoms with Crippen LogP contribution in [0.2, 0.25) is 5.02 Å².